The highest BCUT2D eigenvalue weighted by atomic mass is 15.3. The van der Waals surface area contributed by atoms with Gasteiger partial charge in [-0.1, -0.05) is 6.92 Å². The third-order valence-electron chi connectivity index (χ3n) is 3.06. The summed E-state index contributed by atoms with van der Waals surface area (Å²) < 4.78 is 2.31. The second kappa shape index (κ2) is 4.31. The second-order valence-corrected chi connectivity index (χ2v) is 4.84. The molecule has 0 saturated heterocycles. The van der Waals surface area contributed by atoms with Crippen molar-refractivity contribution in [2.24, 2.45) is 5.92 Å². The first-order valence-electron chi connectivity index (χ1n) is 5.72. The molecule has 0 saturated carbocycles. The average molecular weight is 208 g/mol. The van der Waals surface area contributed by atoms with Gasteiger partial charge in [-0.05, 0) is 26.4 Å². The molecule has 0 aliphatic carbocycles. The molecule has 0 aromatic carbocycles. The van der Waals surface area contributed by atoms with Crippen LogP contribution in [0, 0.1) is 5.92 Å². The molecule has 1 aromatic heterocycles. The number of hydrogen-bond donors (Lipinski definition) is 0. The number of hydrogen-bond acceptors (Lipinski definition) is 3. The molecule has 1 aliphatic rings. The fourth-order valence-corrected chi connectivity index (χ4v) is 2.05. The average Bonchev–Trinajstić information content (AvgIpc) is 2.57. The Labute approximate surface area is 91.3 Å². The highest BCUT2D eigenvalue weighted by Crippen LogP contribution is 2.19. The van der Waals surface area contributed by atoms with Gasteiger partial charge in [0.25, 0.3) is 0 Å². The van der Waals surface area contributed by atoms with Crippen LogP contribution in [0.15, 0.2) is 0 Å². The maximum atomic E-state index is 4.29. The van der Waals surface area contributed by atoms with Crippen molar-refractivity contribution in [1.29, 1.82) is 0 Å². The Kier molecular flexibility index (Phi) is 3.05. The Morgan fingerprint density at radius 2 is 2.20 bits per heavy atom. The summed E-state index contributed by atoms with van der Waals surface area (Å²) in [7, 11) is 4.19. The van der Waals surface area contributed by atoms with Gasteiger partial charge in [-0.25, -0.2) is 0 Å². The zero-order valence-electron chi connectivity index (χ0n) is 9.90. The summed E-state index contributed by atoms with van der Waals surface area (Å²) in [5, 5.41) is 8.57. The van der Waals surface area contributed by atoms with Gasteiger partial charge >= 0.3 is 0 Å². The standard InChI is InChI=1S/C11H20N4/c1-9-4-7-15-10(5-6-14(2)3)12-13-11(15)8-9/h9H,4-8H2,1-3H3. The second-order valence-electron chi connectivity index (χ2n) is 4.84. The third kappa shape index (κ3) is 2.37. The predicted octanol–water partition coefficient (Wildman–Crippen LogP) is 0.964. The van der Waals surface area contributed by atoms with Crippen LogP contribution in [0.3, 0.4) is 0 Å². The summed E-state index contributed by atoms with van der Waals surface area (Å²) in [4.78, 5) is 2.19. The van der Waals surface area contributed by atoms with Crippen LogP contribution < -0.4 is 0 Å². The molecule has 0 bridgehead atoms. The molecule has 1 aromatic rings. The maximum absolute atomic E-state index is 4.29. The van der Waals surface area contributed by atoms with Crippen LogP contribution >= 0.6 is 0 Å². The Morgan fingerprint density at radius 3 is 2.93 bits per heavy atom. The van der Waals surface area contributed by atoms with Crippen molar-refractivity contribution >= 4 is 0 Å². The van der Waals surface area contributed by atoms with E-state index in [-0.39, 0.29) is 0 Å². The van der Waals surface area contributed by atoms with Gasteiger partial charge in [0.05, 0.1) is 0 Å². The molecular weight excluding hydrogens is 188 g/mol. The number of likely N-dealkylation sites (N-methyl/N-ethyl adjacent to an activating group) is 1. The molecule has 1 unspecified atom stereocenters. The van der Waals surface area contributed by atoms with E-state index in [0.29, 0.717) is 0 Å². The predicted molar refractivity (Wildman–Crippen MR) is 59.8 cm³/mol. The van der Waals surface area contributed by atoms with E-state index in [4.69, 9.17) is 0 Å². The Hall–Kier alpha value is -0.900. The van der Waals surface area contributed by atoms with E-state index in [9.17, 15) is 0 Å². The number of fused-ring (bicyclic) bond motifs is 1. The van der Waals surface area contributed by atoms with E-state index in [1.54, 1.807) is 0 Å². The summed E-state index contributed by atoms with van der Waals surface area (Å²) >= 11 is 0. The summed E-state index contributed by atoms with van der Waals surface area (Å²) in [6.45, 7) is 4.44. The van der Waals surface area contributed by atoms with Gasteiger partial charge in [-0.15, -0.1) is 10.2 Å². The number of nitrogens with zero attached hydrogens (tertiary/aromatic N) is 4. The molecule has 0 amide bonds. The normalized spacial score (nSPS) is 20.7. The monoisotopic (exact) mass is 208 g/mol. The summed E-state index contributed by atoms with van der Waals surface area (Å²) in [5.41, 5.74) is 0. The van der Waals surface area contributed by atoms with Gasteiger partial charge in [0.2, 0.25) is 0 Å². The Balaban J connectivity index is 2.07. The van der Waals surface area contributed by atoms with E-state index in [2.05, 4.69) is 40.7 Å². The molecule has 84 valence electrons. The molecule has 1 atom stereocenters. The first kappa shape index (κ1) is 10.6. The lowest BCUT2D eigenvalue weighted by atomic mass is 10.0. The molecule has 4 heteroatoms. The minimum Gasteiger partial charge on any atom is -0.315 e. The Bertz CT molecular complexity index is 329. The topological polar surface area (TPSA) is 34.0 Å². The molecule has 15 heavy (non-hydrogen) atoms. The van der Waals surface area contributed by atoms with Gasteiger partial charge in [-0.3, -0.25) is 0 Å². The number of aromatic nitrogens is 3. The van der Waals surface area contributed by atoms with Crippen LogP contribution in [-0.2, 0) is 19.4 Å². The minimum atomic E-state index is 0.767. The van der Waals surface area contributed by atoms with Gasteiger partial charge in [0.15, 0.2) is 0 Å². The zero-order valence-corrected chi connectivity index (χ0v) is 9.90. The van der Waals surface area contributed by atoms with Crippen molar-refractivity contribution < 1.29 is 0 Å². The van der Waals surface area contributed by atoms with Gasteiger partial charge in [-0.2, -0.15) is 0 Å². The lowest BCUT2D eigenvalue weighted by molar-refractivity contribution is 0.383. The molecule has 4 nitrogen and oxygen atoms in total. The van der Waals surface area contributed by atoms with Crippen LogP contribution in [0.4, 0.5) is 0 Å². The quantitative estimate of drug-likeness (QED) is 0.742. The molecule has 0 spiro atoms. The maximum Gasteiger partial charge on any atom is 0.134 e. The van der Waals surface area contributed by atoms with Crippen molar-refractivity contribution in [3.05, 3.63) is 11.6 Å². The Morgan fingerprint density at radius 1 is 1.40 bits per heavy atom. The smallest absolute Gasteiger partial charge is 0.134 e. The molecule has 2 rings (SSSR count). The lowest BCUT2D eigenvalue weighted by Gasteiger charge is -2.20. The van der Waals surface area contributed by atoms with Crippen molar-refractivity contribution in [3.63, 3.8) is 0 Å². The van der Waals surface area contributed by atoms with E-state index >= 15 is 0 Å². The van der Waals surface area contributed by atoms with Crippen LogP contribution in [-0.4, -0.2) is 40.3 Å². The summed E-state index contributed by atoms with van der Waals surface area (Å²) in [5.74, 6) is 3.11. The summed E-state index contributed by atoms with van der Waals surface area (Å²) in [6, 6.07) is 0. The van der Waals surface area contributed by atoms with Crippen molar-refractivity contribution in [2.45, 2.75) is 32.7 Å². The molecule has 2 heterocycles. The van der Waals surface area contributed by atoms with Crippen LogP contribution in [0.25, 0.3) is 0 Å². The van der Waals surface area contributed by atoms with Crippen molar-refractivity contribution in [3.8, 4) is 0 Å². The van der Waals surface area contributed by atoms with E-state index in [0.717, 1.165) is 37.7 Å². The third-order valence-corrected chi connectivity index (χ3v) is 3.06. The highest BCUT2D eigenvalue weighted by molar-refractivity contribution is 5.00. The van der Waals surface area contributed by atoms with E-state index in [1.165, 1.54) is 12.2 Å². The molecule has 1 aliphatic heterocycles. The lowest BCUT2D eigenvalue weighted by Crippen LogP contribution is -2.21. The van der Waals surface area contributed by atoms with Crippen molar-refractivity contribution in [2.75, 3.05) is 20.6 Å². The van der Waals surface area contributed by atoms with E-state index in [1.807, 2.05) is 0 Å². The van der Waals surface area contributed by atoms with Gasteiger partial charge in [0.1, 0.15) is 11.6 Å². The van der Waals surface area contributed by atoms with Crippen molar-refractivity contribution in [1.82, 2.24) is 19.7 Å². The van der Waals surface area contributed by atoms with Gasteiger partial charge in [0, 0.05) is 25.9 Å². The number of rotatable bonds is 3. The molecule has 0 fully saturated rings. The highest BCUT2D eigenvalue weighted by Gasteiger charge is 2.19. The zero-order chi connectivity index (χ0) is 10.8. The van der Waals surface area contributed by atoms with Crippen LogP contribution in [0.5, 0.6) is 0 Å². The van der Waals surface area contributed by atoms with Gasteiger partial charge < -0.3 is 9.47 Å². The first-order valence-corrected chi connectivity index (χ1v) is 5.72. The largest absolute Gasteiger partial charge is 0.315 e. The van der Waals surface area contributed by atoms with Crippen LogP contribution in [0.1, 0.15) is 25.0 Å². The van der Waals surface area contributed by atoms with Crippen LogP contribution in [0.2, 0.25) is 0 Å². The summed E-state index contributed by atoms with van der Waals surface area (Å²) in [6.07, 6.45) is 3.36. The molecular formula is C11H20N4. The molecule has 0 radical (unpaired) electrons. The first-order chi connectivity index (χ1) is 7.16. The SMILES string of the molecule is CC1CCn2c(CCN(C)C)nnc2C1. The molecule has 0 N–H and O–H groups in total. The fourth-order valence-electron chi connectivity index (χ4n) is 2.05. The minimum absolute atomic E-state index is 0.767. The fraction of sp³-hybridized carbons (Fsp3) is 0.818. The van der Waals surface area contributed by atoms with E-state index < -0.39 is 0 Å².